The molecule has 0 radical (unpaired) electrons. The van der Waals surface area contributed by atoms with E-state index in [1.807, 2.05) is 30.3 Å². The molecule has 1 fully saturated rings. The molecule has 1 aromatic rings. The van der Waals surface area contributed by atoms with Crippen molar-refractivity contribution in [3.05, 3.63) is 35.9 Å². The van der Waals surface area contributed by atoms with Crippen LogP contribution in [0.25, 0.3) is 0 Å². The predicted molar refractivity (Wildman–Crippen MR) is 112 cm³/mol. The second kappa shape index (κ2) is 10.9. The van der Waals surface area contributed by atoms with Gasteiger partial charge in [0.25, 0.3) is 5.91 Å². The Morgan fingerprint density at radius 2 is 1.75 bits per heavy atom. The fourth-order valence-electron chi connectivity index (χ4n) is 3.59. The standard InChI is InChI=1S/C21H35N3O3S/c1-18(2)8-7-9-19(3)22-21(25)16-23-12-14-24(15-13-23)28(26,27)17-20-10-5-4-6-11-20/h4-6,10-11,18-19H,7-9,12-17H2,1-3H3,(H,22,25)/p+1/t19-/m0/s1. The van der Waals surface area contributed by atoms with Crippen molar-refractivity contribution < 1.29 is 18.1 Å². The number of quaternary nitrogens is 1. The second-order valence-corrected chi connectivity index (χ2v) is 10.3. The number of amides is 1. The molecule has 0 aromatic heterocycles. The van der Waals surface area contributed by atoms with Gasteiger partial charge in [-0.15, -0.1) is 0 Å². The second-order valence-electron chi connectivity index (χ2n) is 8.36. The van der Waals surface area contributed by atoms with Crippen molar-refractivity contribution in [3.8, 4) is 0 Å². The average molecular weight is 411 g/mol. The van der Waals surface area contributed by atoms with Gasteiger partial charge in [-0.1, -0.05) is 57.0 Å². The molecule has 1 saturated heterocycles. The first-order chi connectivity index (χ1) is 13.3. The van der Waals surface area contributed by atoms with E-state index in [0.717, 1.165) is 23.3 Å². The predicted octanol–water partition coefficient (Wildman–Crippen LogP) is 1.05. The summed E-state index contributed by atoms with van der Waals surface area (Å²) in [5.41, 5.74) is 0.808. The molecule has 1 amide bonds. The quantitative estimate of drug-likeness (QED) is 0.606. The molecule has 28 heavy (non-hydrogen) atoms. The van der Waals surface area contributed by atoms with Crippen molar-refractivity contribution in [2.75, 3.05) is 32.7 Å². The number of hydrogen-bond acceptors (Lipinski definition) is 3. The fourth-order valence-corrected chi connectivity index (χ4v) is 5.13. The number of nitrogens with zero attached hydrogens (tertiary/aromatic N) is 1. The summed E-state index contributed by atoms with van der Waals surface area (Å²) >= 11 is 0. The van der Waals surface area contributed by atoms with Gasteiger partial charge in [-0.05, 0) is 24.8 Å². The van der Waals surface area contributed by atoms with Crippen molar-refractivity contribution in [2.24, 2.45) is 5.92 Å². The topological polar surface area (TPSA) is 70.9 Å². The third kappa shape index (κ3) is 7.89. The molecule has 1 atom stereocenters. The van der Waals surface area contributed by atoms with Crippen molar-refractivity contribution in [3.63, 3.8) is 0 Å². The van der Waals surface area contributed by atoms with Crippen LogP contribution in [0.3, 0.4) is 0 Å². The molecule has 1 aromatic carbocycles. The van der Waals surface area contributed by atoms with Gasteiger partial charge in [-0.3, -0.25) is 4.79 Å². The van der Waals surface area contributed by atoms with Gasteiger partial charge in [0.2, 0.25) is 10.0 Å². The lowest BCUT2D eigenvalue weighted by Crippen LogP contribution is -3.15. The summed E-state index contributed by atoms with van der Waals surface area (Å²) in [6.07, 6.45) is 3.32. The fraction of sp³-hybridized carbons (Fsp3) is 0.667. The Bertz CT molecular complexity index is 699. The minimum Gasteiger partial charge on any atom is -0.349 e. The number of sulfonamides is 1. The zero-order valence-corrected chi connectivity index (χ0v) is 18.3. The molecule has 0 bridgehead atoms. The Hall–Kier alpha value is -1.44. The zero-order chi connectivity index (χ0) is 20.6. The summed E-state index contributed by atoms with van der Waals surface area (Å²) in [5.74, 6) is 0.798. The first-order valence-corrected chi connectivity index (χ1v) is 12.0. The van der Waals surface area contributed by atoms with Crippen LogP contribution in [0.4, 0.5) is 0 Å². The minimum absolute atomic E-state index is 0.0392. The Morgan fingerprint density at radius 1 is 1.11 bits per heavy atom. The van der Waals surface area contributed by atoms with E-state index >= 15 is 0 Å². The van der Waals surface area contributed by atoms with Crippen LogP contribution < -0.4 is 10.2 Å². The van der Waals surface area contributed by atoms with Gasteiger partial charge < -0.3 is 10.2 Å². The van der Waals surface area contributed by atoms with Gasteiger partial charge in [0.05, 0.1) is 31.9 Å². The Morgan fingerprint density at radius 3 is 2.36 bits per heavy atom. The highest BCUT2D eigenvalue weighted by Gasteiger charge is 2.30. The van der Waals surface area contributed by atoms with Crippen molar-refractivity contribution in [1.29, 1.82) is 0 Å². The molecular weight excluding hydrogens is 374 g/mol. The van der Waals surface area contributed by atoms with Gasteiger partial charge in [-0.25, -0.2) is 8.42 Å². The number of nitrogens with one attached hydrogen (secondary N) is 2. The summed E-state index contributed by atoms with van der Waals surface area (Å²) < 4.78 is 26.8. The maximum atomic E-state index is 12.6. The number of carbonyl (C=O) groups excluding carboxylic acids is 1. The molecule has 0 spiro atoms. The maximum absolute atomic E-state index is 12.6. The van der Waals surface area contributed by atoms with Crippen LogP contribution in [-0.2, 0) is 20.6 Å². The SMILES string of the molecule is CC(C)CCC[C@H](C)NC(=O)C[NH+]1CCN(S(=O)(=O)Cc2ccccc2)CC1. The molecule has 2 N–H and O–H groups in total. The lowest BCUT2D eigenvalue weighted by molar-refractivity contribution is -0.895. The highest BCUT2D eigenvalue weighted by molar-refractivity contribution is 7.88. The smallest absolute Gasteiger partial charge is 0.275 e. The minimum atomic E-state index is -3.31. The Balaban J connectivity index is 1.72. The monoisotopic (exact) mass is 410 g/mol. The first kappa shape index (κ1) is 22.8. The normalized spacial score (nSPS) is 17.6. The lowest BCUT2D eigenvalue weighted by Gasteiger charge is -2.31. The molecule has 6 nitrogen and oxygen atoms in total. The van der Waals surface area contributed by atoms with Crippen LogP contribution >= 0.6 is 0 Å². The van der Waals surface area contributed by atoms with E-state index in [2.05, 4.69) is 26.1 Å². The summed E-state index contributed by atoms with van der Waals surface area (Å²) in [4.78, 5) is 13.4. The third-order valence-electron chi connectivity index (χ3n) is 5.25. The van der Waals surface area contributed by atoms with Crippen molar-refractivity contribution in [1.82, 2.24) is 9.62 Å². The summed E-state index contributed by atoms with van der Waals surface area (Å²) in [6, 6.07) is 9.47. The Labute approximate surface area is 170 Å². The van der Waals surface area contributed by atoms with Gasteiger partial charge in [0.15, 0.2) is 6.54 Å². The number of rotatable bonds is 10. The van der Waals surface area contributed by atoms with Crippen LogP contribution in [0.15, 0.2) is 30.3 Å². The molecule has 0 saturated carbocycles. The molecular formula is C21H36N3O3S+. The van der Waals surface area contributed by atoms with Crippen LogP contribution in [0.2, 0.25) is 0 Å². The molecule has 1 aliphatic heterocycles. The van der Waals surface area contributed by atoms with E-state index in [4.69, 9.17) is 0 Å². The van der Waals surface area contributed by atoms with Gasteiger partial charge in [0, 0.05) is 6.04 Å². The van der Waals surface area contributed by atoms with Gasteiger partial charge >= 0.3 is 0 Å². The molecule has 1 aliphatic rings. The summed E-state index contributed by atoms with van der Waals surface area (Å²) in [7, 11) is -3.31. The zero-order valence-electron chi connectivity index (χ0n) is 17.5. The first-order valence-electron chi connectivity index (χ1n) is 10.4. The van der Waals surface area contributed by atoms with Crippen LogP contribution in [0.5, 0.6) is 0 Å². The molecule has 158 valence electrons. The lowest BCUT2D eigenvalue weighted by atomic mass is 10.0. The number of hydrogen-bond donors (Lipinski definition) is 2. The maximum Gasteiger partial charge on any atom is 0.275 e. The number of carbonyl (C=O) groups is 1. The number of piperazine rings is 1. The van der Waals surface area contributed by atoms with Crippen molar-refractivity contribution in [2.45, 2.75) is 51.8 Å². The van der Waals surface area contributed by atoms with E-state index < -0.39 is 10.0 Å². The third-order valence-corrected chi connectivity index (χ3v) is 7.10. The highest BCUT2D eigenvalue weighted by Crippen LogP contribution is 2.11. The van der Waals surface area contributed by atoms with Crippen LogP contribution in [0.1, 0.15) is 45.6 Å². The number of benzene rings is 1. The van der Waals surface area contributed by atoms with E-state index in [1.165, 1.54) is 6.42 Å². The molecule has 7 heteroatoms. The molecule has 0 unspecified atom stereocenters. The van der Waals surface area contributed by atoms with Crippen molar-refractivity contribution >= 4 is 15.9 Å². The largest absolute Gasteiger partial charge is 0.349 e. The van der Waals surface area contributed by atoms with E-state index in [9.17, 15) is 13.2 Å². The van der Waals surface area contributed by atoms with Gasteiger partial charge in [0.1, 0.15) is 0 Å². The van der Waals surface area contributed by atoms with Crippen LogP contribution in [-0.4, -0.2) is 57.4 Å². The van der Waals surface area contributed by atoms with Gasteiger partial charge in [-0.2, -0.15) is 4.31 Å². The average Bonchev–Trinajstić information content (AvgIpc) is 2.62. The van der Waals surface area contributed by atoms with E-state index in [-0.39, 0.29) is 17.7 Å². The summed E-state index contributed by atoms with van der Waals surface area (Å²) in [6.45, 7) is 9.19. The van der Waals surface area contributed by atoms with E-state index in [1.54, 1.807) is 4.31 Å². The Kier molecular flexibility index (Phi) is 8.92. The molecule has 2 rings (SSSR count). The van der Waals surface area contributed by atoms with E-state index in [0.29, 0.717) is 38.6 Å². The van der Waals surface area contributed by atoms with Crippen LogP contribution in [0, 0.1) is 5.92 Å². The highest BCUT2D eigenvalue weighted by atomic mass is 32.2. The molecule has 0 aliphatic carbocycles. The molecule has 1 heterocycles. The summed E-state index contributed by atoms with van der Waals surface area (Å²) in [5, 5.41) is 3.08.